The van der Waals surface area contributed by atoms with Gasteiger partial charge < -0.3 is 9.84 Å². The zero-order valence-electron chi connectivity index (χ0n) is 9.11. The van der Waals surface area contributed by atoms with E-state index in [0.717, 1.165) is 0 Å². The highest BCUT2D eigenvalue weighted by Crippen LogP contribution is 2.30. The minimum atomic E-state index is -0.802. The molecule has 0 fully saturated rings. The van der Waals surface area contributed by atoms with Gasteiger partial charge in [0.15, 0.2) is 0 Å². The van der Waals surface area contributed by atoms with Crippen LogP contribution in [0.25, 0.3) is 0 Å². The van der Waals surface area contributed by atoms with Gasteiger partial charge >= 0.3 is 11.9 Å². The van der Waals surface area contributed by atoms with Crippen LogP contribution in [0.15, 0.2) is 0 Å². The van der Waals surface area contributed by atoms with Gasteiger partial charge in [0, 0.05) is 11.5 Å². The Hall–Kier alpha value is -0.360. The molecule has 0 unspecified atom stereocenters. The second-order valence-corrected chi connectivity index (χ2v) is 6.18. The van der Waals surface area contributed by atoms with Crippen molar-refractivity contribution >= 4 is 33.5 Å². The van der Waals surface area contributed by atoms with Gasteiger partial charge in [-0.2, -0.15) is 0 Å². The summed E-state index contributed by atoms with van der Waals surface area (Å²) < 4.78 is 4.48. The number of hydrogen-bond acceptors (Lipinski definition) is 5. The standard InChI is InChI=1S/C9H16O4S2/c1-9(2,8(11)12)6-15-14-5-4-7(10)13-3/h4-6H2,1-3H3,(H,11,12). The SMILES string of the molecule is COC(=O)CCSSCC(C)(C)C(=O)O. The molecule has 0 spiro atoms. The molecule has 0 aliphatic heterocycles. The maximum absolute atomic E-state index is 10.7. The Labute approximate surface area is 97.5 Å². The number of carboxylic acids is 1. The summed E-state index contributed by atoms with van der Waals surface area (Å²) in [6, 6.07) is 0. The summed E-state index contributed by atoms with van der Waals surface area (Å²) in [4.78, 5) is 21.5. The molecule has 0 atom stereocenters. The predicted octanol–water partition coefficient (Wildman–Crippen LogP) is 2.04. The van der Waals surface area contributed by atoms with Crippen molar-refractivity contribution < 1.29 is 19.4 Å². The Kier molecular flexibility index (Phi) is 6.84. The summed E-state index contributed by atoms with van der Waals surface area (Å²) in [6.45, 7) is 3.37. The summed E-state index contributed by atoms with van der Waals surface area (Å²) in [6.07, 6.45) is 0.363. The highest BCUT2D eigenvalue weighted by atomic mass is 33.1. The Morgan fingerprint density at radius 2 is 1.93 bits per heavy atom. The van der Waals surface area contributed by atoms with Gasteiger partial charge in [-0.1, -0.05) is 21.6 Å². The van der Waals surface area contributed by atoms with Gasteiger partial charge in [0.2, 0.25) is 0 Å². The molecule has 0 bridgehead atoms. The summed E-state index contributed by atoms with van der Waals surface area (Å²) >= 11 is 0. The molecular formula is C9H16O4S2. The molecule has 88 valence electrons. The van der Waals surface area contributed by atoms with Crippen LogP contribution in [0.3, 0.4) is 0 Å². The van der Waals surface area contributed by atoms with Gasteiger partial charge in [-0.25, -0.2) is 0 Å². The van der Waals surface area contributed by atoms with Crippen LogP contribution in [0.2, 0.25) is 0 Å². The summed E-state index contributed by atoms with van der Waals surface area (Å²) in [5, 5.41) is 8.83. The normalized spacial score (nSPS) is 11.1. The first-order valence-corrected chi connectivity index (χ1v) is 6.93. The van der Waals surface area contributed by atoms with Crippen molar-refractivity contribution in [3.05, 3.63) is 0 Å². The fourth-order valence-corrected chi connectivity index (χ4v) is 3.14. The van der Waals surface area contributed by atoms with Crippen LogP contribution in [0.4, 0.5) is 0 Å². The smallest absolute Gasteiger partial charge is 0.309 e. The fraction of sp³-hybridized carbons (Fsp3) is 0.778. The zero-order chi connectivity index (χ0) is 11.9. The molecule has 0 amide bonds. The zero-order valence-corrected chi connectivity index (χ0v) is 10.7. The Morgan fingerprint density at radius 3 is 2.40 bits per heavy atom. The molecular weight excluding hydrogens is 236 g/mol. The molecule has 0 aromatic carbocycles. The van der Waals surface area contributed by atoms with Gasteiger partial charge in [-0.3, -0.25) is 9.59 Å². The topological polar surface area (TPSA) is 63.6 Å². The van der Waals surface area contributed by atoms with E-state index in [-0.39, 0.29) is 5.97 Å². The Bertz CT molecular complexity index is 228. The van der Waals surface area contributed by atoms with Crippen LogP contribution in [0.5, 0.6) is 0 Å². The van der Waals surface area contributed by atoms with E-state index in [1.807, 2.05) is 0 Å². The van der Waals surface area contributed by atoms with Gasteiger partial charge in [0.05, 0.1) is 18.9 Å². The molecule has 0 aromatic rings. The number of methoxy groups -OCH3 is 1. The second-order valence-electron chi connectivity index (χ2n) is 3.60. The molecule has 6 heteroatoms. The molecule has 0 aliphatic rings. The lowest BCUT2D eigenvalue weighted by atomic mass is 9.97. The highest BCUT2D eigenvalue weighted by Gasteiger charge is 2.26. The third kappa shape index (κ3) is 6.67. The molecule has 0 heterocycles. The quantitative estimate of drug-likeness (QED) is 0.425. The molecule has 0 aromatic heterocycles. The van der Waals surface area contributed by atoms with Crippen LogP contribution in [-0.2, 0) is 14.3 Å². The van der Waals surface area contributed by atoms with Crippen LogP contribution in [-0.4, -0.2) is 35.7 Å². The molecule has 1 N–H and O–H groups in total. The van der Waals surface area contributed by atoms with Crippen molar-refractivity contribution in [2.75, 3.05) is 18.6 Å². The third-order valence-corrected chi connectivity index (χ3v) is 4.43. The van der Waals surface area contributed by atoms with E-state index in [9.17, 15) is 9.59 Å². The predicted molar refractivity (Wildman–Crippen MR) is 63.0 cm³/mol. The van der Waals surface area contributed by atoms with Crippen LogP contribution >= 0.6 is 21.6 Å². The number of esters is 1. The molecule has 0 aliphatic carbocycles. The molecule has 15 heavy (non-hydrogen) atoms. The van der Waals surface area contributed by atoms with E-state index < -0.39 is 11.4 Å². The summed E-state index contributed by atoms with van der Waals surface area (Å²) in [5.74, 6) is 0.130. The Balaban J connectivity index is 3.55. The number of carboxylic acid groups (broad SMARTS) is 1. The van der Waals surface area contributed by atoms with Crippen molar-refractivity contribution in [2.45, 2.75) is 20.3 Å². The first-order valence-electron chi connectivity index (χ1n) is 4.45. The van der Waals surface area contributed by atoms with Crippen molar-refractivity contribution in [2.24, 2.45) is 5.41 Å². The average Bonchev–Trinajstić information content (AvgIpc) is 2.16. The van der Waals surface area contributed by atoms with Crippen molar-refractivity contribution in [1.82, 2.24) is 0 Å². The number of carbonyl (C=O) groups is 2. The highest BCUT2D eigenvalue weighted by molar-refractivity contribution is 8.76. The monoisotopic (exact) mass is 252 g/mol. The van der Waals surface area contributed by atoms with E-state index in [1.165, 1.54) is 28.7 Å². The first-order chi connectivity index (χ1) is 6.90. The van der Waals surface area contributed by atoms with Crippen LogP contribution in [0.1, 0.15) is 20.3 Å². The minimum Gasteiger partial charge on any atom is -0.481 e. The lowest BCUT2D eigenvalue weighted by Gasteiger charge is -2.17. The number of carbonyl (C=O) groups excluding carboxylic acids is 1. The molecule has 0 saturated carbocycles. The van der Waals surface area contributed by atoms with E-state index >= 15 is 0 Å². The number of ether oxygens (including phenoxy) is 1. The van der Waals surface area contributed by atoms with Gasteiger partial charge in [-0.15, -0.1) is 0 Å². The Morgan fingerprint density at radius 1 is 1.33 bits per heavy atom. The molecule has 4 nitrogen and oxygen atoms in total. The number of aliphatic carboxylic acids is 1. The van der Waals surface area contributed by atoms with E-state index in [4.69, 9.17) is 5.11 Å². The van der Waals surface area contributed by atoms with Gasteiger partial charge in [-0.05, 0) is 13.8 Å². The first kappa shape index (κ1) is 14.6. The van der Waals surface area contributed by atoms with Crippen molar-refractivity contribution in [3.8, 4) is 0 Å². The van der Waals surface area contributed by atoms with Gasteiger partial charge in [0.1, 0.15) is 0 Å². The molecule has 0 rings (SSSR count). The van der Waals surface area contributed by atoms with Crippen LogP contribution in [0, 0.1) is 5.41 Å². The lowest BCUT2D eigenvalue weighted by Crippen LogP contribution is -2.25. The second kappa shape index (κ2) is 7.00. The maximum atomic E-state index is 10.7. The summed E-state index contributed by atoms with van der Waals surface area (Å²) in [5.41, 5.74) is -0.719. The summed E-state index contributed by atoms with van der Waals surface area (Å²) in [7, 11) is 4.32. The number of hydrogen-bond donors (Lipinski definition) is 1. The van der Waals surface area contributed by atoms with Crippen LogP contribution < -0.4 is 0 Å². The van der Waals surface area contributed by atoms with Crippen molar-refractivity contribution in [3.63, 3.8) is 0 Å². The molecule has 0 radical (unpaired) electrons. The van der Waals surface area contributed by atoms with Crippen molar-refractivity contribution in [1.29, 1.82) is 0 Å². The lowest BCUT2D eigenvalue weighted by molar-refractivity contribution is -0.145. The van der Waals surface area contributed by atoms with E-state index in [0.29, 0.717) is 17.9 Å². The third-order valence-electron chi connectivity index (χ3n) is 1.70. The maximum Gasteiger partial charge on any atom is 0.309 e. The van der Waals surface area contributed by atoms with Gasteiger partial charge in [0.25, 0.3) is 0 Å². The number of rotatable bonds is 7. The molecule has 0 saturated heterocycles. The fourth-order valence-electron chi connectivity index (χ4n) is 0.537. The average molecular weight is 252 g/mol. The minimum absolute atomic E-state index is 0.236. The van der Waals surface area contributed by atoms with E-state index in [1.54, 1.807) is 13.8 Å². The van der Waals surface area contributed by atoms with E-state index in [2.05, 4.69) is 4.74 Å². The largest absolute Gasteiger partial charge is 0.481 e.